The maximum atomic E-state index is 14.1. The minimum absolute atomic E-state index is 0.382. The van der Waals surface area contributed by atoms with Crippen LogP contribution in [0.3, 0.4) is 0 Å². The summed E-state index contributed by atoms with van der Waals surface area (Å²) < 4.78 is 53.6. The number of hydrogen-bond donors (Lipinski definition) is 1. The van der Waals surface area contributed by atoms with Crippen molar-refractivity contribution in [1.29, 1.82) is 0 Å². The first-order valence-corrected chi connectivity index (χ1v) is 11.8. The number of amides is 1. The molecule has 1 aromatic carbocycles. The van der Waals surface area contributed by atoms with E-state index in [1.165, 1.54) is 0 Å². The van der Waals surface area contributed by atoms with Crippen LogP contribution in [0.5, 0.6) is 0 Å². The molecule has 0 fully saturated rings. The van der Waals surface area contributed by atoms with E-state index in [1.54, 1.807) is 24.3 Å². The number of benzene rings is 1. The molecule has 0 aliphatic rings. The molecule has 0 saturated heterocycles. The van der Waals surface area contributed by atoms with Gasteiger partial charge < -0.3 is 5.32 Å². The molecule has 2 aromatic rings. The SMILES string of the molecule is Cn1nc(C(F)(F)F)c(C(=O)Nc2ccccc2CC[Si](C)(C)C)c1F. The molecule has 0 atom stereocenters. The first-order chi connectivity index (χ1) is 11.9. The van der Waals surface area contributed by atoms with Gasteiger partial charge in [-0.05, 0) is 18.1 Å². The van der Waals surface area contributed by atoms with Crippen LogP contribution in [0.2, 0.25) is 25.7 Å². The Morgan fingerprint density at radius 3 is 2.42 bits per heavy atom. The Balaban J connectivity index is 2.32. The average Bonchev–Trinajstić information content (AvgIpc) is 2.81. The first-order valence-electron chi connectivity index (χ1n) is 8.09. The van der Waals surface area contributed by atoms with Crippen LogP contribution in [0, 0.1) is 5.95 Å². The smallest absolute Gasteiger partial charge is 0.322 e. The number of nitrogens with zero attached hydrogens (tertiary/aromatic N) is 2. The molecule has 1 aromatic heterocycles. The number of hydrogen-bond acceptors (Lipinski definition) is 2. The summed E-state index contributed by atoms with van der Waals surface area (Å²) in [5.41, 5.74) is -1.44. The molecule has 0 aliphatic carbocycles. The van der Waals surface area contributed by atoms with Gasteiger partial charge in [0.15, 0.2) is 5.69 Å². The third-order valence-electron chi connectivity index (χ3n) is 3.88. The molecule has 9 heteroatoms. The Morgan fingerprint density at radius 1 is 1.23 bits per heavy atom. The van der Waals surface area contributed by atoms with Gasteiger partial charge in [-0.15, -0.1) is 0 Å². The number of alkyl halides is 3. The van der Waals surface area contributed by atoms with Crippen molar-refractivity contribution in [2.45, 2.75) is 38.3 Å². The number of carbonyl (C=O) groups excluding carboxylic acids is 1. The van der Waals surface area contributed by atoms with E-state index in [1.807, 2.05) is 0 Å². The molecular weight excluding hydrogens is 366 g/mol. The van der Waals surface area contributed by atoms with Crippen molar-refractivity contribution in [3.63, 3.8) is 0 Å². The lowest BCUT2D eigenvalue weighted by atomic mass is 10.1. The van der Waals surface area contributed by atoms with Crippen molar-refractivity contribution in [2.24, 2.45) is 7.05 Å². The van der Waals surface area contributed by atoms with E-state index in [-0.39, 0.29) is 0 Å². The predicted molar refractivity (Wildman–Crippen MR) is 94.4 cm³/mol. The Labute approximate surface area is 150 Å². The van der Waals surface area contributed by atoms with Gasteiger partial charge in [-0.1, -0.05) is 43.9 Å². The van der Waals surface area contributed by atoms with Crippen LogP contribution in [0.15, 0.2) is 24.3 Å². The summed E-state index contributed by atoms with van der Waals surface area (Å²) in [5.74, 6) is -2.49. The van der Waals surface area contributed by atoms with E-state index in [4.69, 9.17) is 0 Å². The van der Waals surface area contributed by atoms with Crippen LogP contribution in [0.1, 0.15) is 21.6 Å². The molecule has 0 saturated carbocycles. The Kier molecular flexibility index (Phi) is 5.60. The largest absolute Gasteiger partial charge is 0.436 e. The molecular formula is C17H21F4N3OSi. The highest BCUT2D eigenvalue weighted by molar-refractivity contribution is 6.76. The van der Waals surface area contributed by atoms with Gasteiger partial charge in [0.2, 0.25) is 5.95 Å². The van der Waals surface area contributed by atoms with Crippen molar-refractivity contribution in [3.8, 4) is 0 Å². The second kappa shape index (κ2) is 7.22. The molecule has 0 unspecified atom stereocenters. The number of carbonyl (C=O) groups is 1. The Hall–Kier alpha value is -2.16. The van der Waals surface area contributed by atoms with Gasteiger partial charge in [0.1, 0.15) is 5.56 Å². The summed E-state index contributed by atoms with van der Waals surface area (Å²) in [5, 5.41) is 5.51. The van der Waals surface area contributed by atoms with Gasteiger partial charge >= 0.3 is 6.18 Å². The number of para-hydroxylation sites is 1. The number of rotatable bonds is 5. The fourth-order valence-electron chi connectivity index (χ4n) is 2.46. The lowest BCUT2D eigenvalue weighted by Gasteiger charge is -2.17. The van der Waals surface area contributed by atoms with Crippen molar-refractivity contribution in [3.05, 3.63) is 47.0 Å². The summed E-state index contributed by atoms with van der Waals surface area (Å²) in [6.07, 6.45) is -4.24. The van der Waals surface area contributed by atoms with Crippen LogP contribution in [0.25, 0.3) is 0 Å². The fraction of sp³-hybridized carbons (Fsp3) is 0.412. The fourth-order valence-corrected chi connectivity index (χ4v) is 3.48. The summed E-state index contributed by atoms with van der Waals surface area (Å²) in [6.45, 7) is 6.61. The number of halogens is 4. The molecule has 4 nitrogen and oxygen atoms in total. The van der Waals surface area contributed by atoms with Crippen LogP contribution < -0.4 is 5.32 Å². The first kappa shape index (κ1) is 20.2. The van der Waals surface area contributed by atoms with Gasteiger partial charge in [0.05, 0.1) is 0 Å². The van der Waals surface area contributed by atoms with Gasteiger partial charge in [-0.2, -0.15) is 22.7 Å². The van der Waals surface area contributed by atoms with Crippen LogP contribution in [-0.2, 0) is 19.6 Å². The molecule has 142 valence electrons. The number of nitrogens with one attached hydrogen (secondary N) is 1. The van der Waals surface area contributed by atoms with Crippen molar-refractivity contribution in [1.82, 2.24) is 9.78 Å². The highest BCUT2D eigenvalue weighted by Gasteiger charge is 2.41. The zero-order chi connectivity index (χ0) is 19.7. The number of aromatic nitrogens is 2. The predicted octanol–water partition coefficient (Wildman–Crippen LogP) is 4.71. The topological polar surface area (TPSA) is 46.9 Å². The Morgan fingerprint density at radius 2 is 1.85 bits per heavy atom. The molecule has 2 rings (SSSR count). The third kappa shape index (κ3) is 4.72. The number of aryl methyl sites for hydroxylation is 2. The molecule has 1 heterocycles. The second-order valence-electron chi connectivity index (χ2n) is 7.31. The second-order valence-corrected chi connectivity index (χ2v) is 12.9. The van der Waals surface area contributed by atoms with E-state index < -0.39 is 37.4 Å². The minimum Gasteiger partial charge on any atom is -0.322 e. The van der Waals surface area contributed by atoms with Crippen LogP contribution >= 0.6 is 0 Å². The van der Waals surface area contributed by atoms with Crippen LogP contribution in [0.4, 0.5) is 23.2 Å². The summed E-state index contributed by atoms with van der Waals surface area (Å²) in [4.78, 5) is 12.4. The monoisotopic (exact) mass is 387 g/mol. The lowest BCUT2D eigenvalue weighted by molar-refractivity contribution is -0.141. The van der Waals surface area contributed by atoms with Gasteiger partial charge in [-0.3, -0.25) is 4.79 Å². The maximum absolute atomic E-state index is 14.1. The van der Waals surface area contributed by atoms with Crippen molar-refractivity contribution in [2.75, 3.05) is 5.32 Å². The van der Waals surface area contributed by atoms with Crippen LogP contribution in [-0.4, -0.2) is 23.8 Å². The third-order valence-corrected chi connectivity index (χ3v) is 5.63. The summed E-state index contributed by atoms with van der Waals surface area (Å²) in [6, 6.07) is 7.81. The van der Waals surface area contributed by atoms with E-state index >= 15 is 0 Å². The van der Waals surface area contributed by atoms with Crippen molar-refractivity contribution >= 4 is 19.7 Å². The molecule has 0 radical (unpaired) electrons. The highest BCUT2D eigenvalue weighted by atomic mass is 28.3. The van der Waals surface area contributed by atoms with E-state index in [0.717, 1.165) is 18.7 Å². The zero-order valence-electron chi connectivity index (χ0n) is 15.0. The van der Waals surface area contributed by atoms with E-state index in [0.29, 0.717) is 16.8 Å². The lowest BCUT2D eigenvalue weighted by Crippen LogP contribution is -2.21. The molecule has 0 bridgehead atoms. The van der Waals surface area contributed by atoms with Crippen molar-refractivity contribution < 1.29 is 22.4 Å². The summed E-state index contributed by atoms with van der Waals surface area (Å²) >= 11 is 0. The van der Waals surface area contributed by atoms with E-state index in [9.17, 15) is 22.4 Å². The quantitative estimate of drug-likeness (QED) is 0.597. The van der Waals surface area contributed by atoms with Gasteiger partial charge in [0.25, 0.3) is 5.91 Å². The standard InChI is InChI=1S/C17H21F4N3OSi/c1-24-15(18)13(14(23-24)17(19,20)21)16(25)22-12-8-6-5-7-11(12)9-10-26(2,3)4/h5-8H,9-10H2,1-4H3,(H,22,25). The molecule has 0 aliphatic heterocycles. The average molecular weight is 387 g/mol. The number of anilines is 1. The van der Waals surface area contributed by atoms with Gasteiger partial charge in [-0.25, -0.2) is 4.68 Å². The highest BCUT2D eigenvalue weighted by Crippen LogP contribution is 2.32. The van der Waals surface area contributed by atoms with E-state index in [2.05, 4.69) is 30.1 Å². The molecule has 1 amide bonds. The summed E-state index contributed by atoms with van der Waals surface area (Å²) in [7, 11) is -0.324. The zero-order valence-corrected chi connectivity index (χ0v) is 16.0. The minimum atomic E-state index is -4.92. The van der Waals surface area contributed by atoms with Gasteiger partial charge in [0, 0.05) is 20.8 Å². The maximum Gasteiger partial charge on any atom is 0.436 e. The molecule has 1 N–H and O–H groups in total. The molecule has 26 heavy (non-hydrogen) atoms. The molecule has 0 spiro atoms. The Bertz CT molecular complexity index is 809. The normalized spacial score (nSPS) is 12.3.